The van der Waals surface area contributed by atoms with Gasteiger partial charge in [-0.3, -0.25) is 4.98 Å². The third-order valence-corrected chi connectivity index (χ3v) is 3.31. The normalized spacial score (nSPS) is 18.2. The van der Waals surface area contributed by atoms with Gasteiger partial charge in [0.1, 0.15) is 5.82 Å². The summed E-state index contributed by atoms with van der Waals surface area (Å²) in [6.45, 7) is 10.4. The summed E-state index contributed by atoms with van der Waals surface area (Å²) in [5.41, 5.74) is 0.962. The summed E-state index contributed by atoms with van der Waals surface area (Å²) >= 11 is 0. The number of hydrogen-bond donors (Lipinski definition) is 1. The molecule has 0 atom stereocenters. The molecule has 0 aliphatic carbocycles. The Morgan fingerprint density at radius 1 is 1.35 bits per heavy atom. The minimum absolute atomic E-state index is 0.654. The zero-order chi connectivity index (χ0) is 12.1. The molecule has 1 saturated heterocycles. The van der Waals surface area contributed by atoms with Crippen LogP contribution in [0.15, 0.2) is 12.4 Å². The summed E-state index contributed by atoms with van der Waals surface area (Å²) in [4.78, 5) is 11.0. The van der Waals surface area contributed by atoms with Gasteiger partial charge in [-0.25, -0.2) is 4.98 Å². The fourth-order valence-electron chi connectivity index (χ4n) is 2.12. The average Bonchev–Trinajstić information content (AvgIpc) is 2.34. The van der Waals surface area contributed by atoms with Gasteiger partial charge in [-0.05, 0) is 38.8 Å². The van der Waals surface area contributed by atoms with E-state index in [9.17, 15) is 0 Å². The molecule has 0 spiro atoms. The number of nitrogens with one attached hydrogen (secondary N) is 1. The zero-order valence-corrected chi connectivity index (χ0v) is 10.5. The van der Waals surface area contributed by atoms with Crippen LogP contribution in [0.3, 0.4) is 0 Å². The minimum atomic E-state index is 0.654. The number of rotatable bonds is 4. The lowest BCUT2D eigenvalue weighted by atomic mass is 9.99. The molecule has 2 rings (SSSR count). The molecule has 1 aliphatic rings. The van der Waals surface area contributed by atoms with Crippen molar-refractivity contribution in [3.8, 4) is 0 Å². The van der Waals surface area contributed by atoms with Crippen molar-refractivity contribution < 1.29 is 0 Å². The largest absolute Gasteiger partial charge is 0.367 e. The maximum Gasteiger partial charge on any atom is 0.147 e. The second kappa shape index (κ2) is 5.96. The summed E-state index contributed by atoms with van der Waals surface area (Å²) in [5, 5.41) is 3.34. The van der Waals surface area contributed by atoms with Crippen molar-refractivity contribution in [2.75, 3.05) is 31.5 Å². The molecule has 1 aromatic heterocycles. The van der Waals surface area contributed by atoms with E-state index in [2.05, 4.69) is 27.1 Å². The van der Waals surface area contributed by atoms with Gasteiger partial charge in [0, 0.05) is 25.5 Å². The van der Waals surface area contributed by atoms with Crippen LogP contribution in [-0.4, -0.2) is 41.0 Å². The number of piperidine rings is 1. The Labute approximate surface area is 103 Å². The molecule has 4 nitrogen and oxygen atoms in total. The number of anilines is 1. The molecule has 93 valence electrons. The van der Waals surface area contributed by atoms with Crippen molar-refractivity contribution in [3.63, 3.8) is 0 Å². The molecule has 2 heterocycles. The predicted octanol–water partition coefficient (Wildman–Crippen LogP) is 1.74. The van der Waals surface area contributed by atoms with Crippen molar-refractivity contribution >= 4 is 5.82 Å². The van der Waals surface area contributed by atoms with Crippen molar-refractivity contribution in [3.05, 3.63) is 25.0 Å². The lowest BCUT2D eigenvalue weighted by molar-refractivity contribution is 0.209. The minimum Gasteiger partial charge on any atom is -0.367 e. The summed E-state index contributed by atoms with van der Waals surface area (Å²) in [7, 11) is 0. The van der Waals surface area contributed by atoms with Crippen molar-refractivity contribution in [2.45, 2.75) is 19.8 Å². The van der Waals surface area contributed by atoms with E-state index in [4.69, 9.17) is 0 Å². The van der Waals surface area contributed by atoms with Crippen LogP contribution in [0.2, 0.25) is 0 Å². The smallest absolute Gasteiger partial charge is 0.147 e. The van der Waals surface area contributed by atoms with Crippen LogP contribution in [0.4, 0.5) is 5.82 Å². The summed E-state index contributed by atoms with van der Waals surface area (Å²) < 4.78 is 0. The summed E-state index contributed by atoms with van der Waals surface area (Å²) in [6.07, 6.45) is 5.90. The van der Waals surface area contributed by atoms with E-state index in [-0.39, 0.29) is 0 Å². The van der Waals surface area contributed by atoms with Gasteiger partial charge in [0.05, 0.1) is 5.69 Å². The van der Waals surface area contributed by atoms with Crippen LogP contribution < -0.4 is 5.32 Å². The van der Waals surface area contributed by atoms with Crippen molar-refractivity contribution in [1.82, 2.24) is 14.9 Å². The molecular formula is C13H21N4. The fraction of sp³-hybridized carbons (Fsp3) is 0.615. The molecule has 0 bridgehead atoms. The van der Waals surface area contributed by atoms with Crippen molar-refractivity contribution in [1.29, 1.82) is 0 Å². The van der Waals surface area contributed by atoms with Crippen LogP contribution >= 0.6 is 0 Å². The van der Waals surface area contributed by atoms with E-state index in [1.807, 2.05) is 6.92 Å². The van der Waals surface area contributed by atoms with Gasteiger partial charge < -0.3 is 10.2 Å². The van der Waals surface area contributed by atoms with Crippen molar-refractivity contribution in [2.24, 2.45) is 5.92 Å². The first kappa shape index (κ1) is 12.3. The lowest BCUT2D eigenvalue weighted by Crippen LogP contribution is -2.36. The molecule has 0 saturated carbocycles. The third-order valence-electron chi connectivity index (χ3n) is 3.31. The Hall–Kier alpha value is -1.16. The fourth-order valence-corrected chi connectivity index (χ4v) is 2.12. The summed E-state index contributed by atoms with van der Waals surface area (Å²) in [5.74, 6) is 1.56. The molecule has 4 heteroatoms. The lowest BCUT2D eigenvalue weighted by Gasteiger charge is -2.30. The van der Waals surface area contributed by atoms with E-state index in [1.165, 1.54) is 25.9 Å². The standard InChI is InChI=1S/C13H21N4/c1-11-3-8-17(9-4-11)10-7-16-13-12(2)14-5-6-15-13/h5-6,11H,1,3-4,7-10H2,2H3,(H,15,16). The van der Waals surface area contributed by atoms with Crippen LogP contribution in [0, 0.1) is 19.8 Å². The van der Waals surface area contributed by atoms with Gasteiger partial charge in [0.25, 0.3) is 0 Å². The topological polar surface area (TPSA) is 41.0 Å². The van der Waals surface area contributed by atoms with Gasteiger partial charge in [0.15, 0.2) is 0 Å². The second-order valence-corrected chi connectivity index (χ2v) is 4.70. The van der Waals surface area contributed by atoms with Crippen LogP contribution in [0.1, 0.15) is 18.5 Å². The number of likely N-dealkylation sites (tertiary alicyclic amines) is 1. The Bertz CT molecular complexity index is 345. The Morgan fingerprint density at radius 2 is 2.06 bits per heavy atom. The molecule has 1 N–H and O–H groups in total. The molecule has 0 unspecified atom stereocenters. The number of aromatic nitrogens is 2. The van der Waals surface area contributed by atoms with Crippen LogP contribution in [0.25, 0.3) is 0 Å². The molecule has 0 aromatic carbocycles. The van der Waals surface area contributed by atoms with Crippen LogP contribution in [-0.2, 0) is 0 Å². The predicted molar refractivity (Wildman–Crippen MR) is 69.8 cm³/mol. The number of hydrogen-bond acceptors (Lipinski definition) is 4. The maximum absolute atomic E-state index is 4.27. The van der Waals surface area contributed by atoms with E-state index < -0.39 is 0 Å². The highest BCUT2D eigenvalue weighted by Gasteiger charge is 2.14. The Balaban J connectivity index is 1.71. The highest BCUT2D eigenvalue weighted by atomic mass is 15.1. The van der Waals surface area contributed by atoms with E-state index in [0.29, 0.717) is 5.92 Å². The van der Waals surface area contributed by atoms with E-state index in [1.54, 1.807) is 12.4 Å². The molecule has 1 aliphatic heterocycles. The molecular weight excluding hydrogens is 212 g/mol. The molecule has 17 heavy (non-hydrogen) atoms. The third kappa shape index (κ3) is 3.66. The first-order chi connectivity index (χ1) is 8.25. The SMILES string of the molecule is [CH2]C1CCN(CCNc2nccnc2C)CC1. The highest BCUT2D eigenvalue weighted by Crippen LogP contribution is 2.15. The zero-order valence-electron chi connectivity index (χ0n) is 10.5. The summed E-state index contributed by atoms with van der Waals surface area (Å²) in [6, 6.07) is 0. The second-order valence-electron chi connectivity index (χ2n) is 4.70. The molecule has 1 fully saturated rings. The molecule has 1 radical (unpaired) electrons. The highest BCUT2D eigenvalue weighted by molar-refractivity contribution is 5.38. The maximum atomic E-state index is 4.27. The van der Waals surface area contributed by atoms with Gasteiger partial charge in [-0.2, -0.15) is 0 Å². The quantitative estimate of drug-likeness (QED) is 0.860. The molecule has 0 amide bonds. The molecule has 1 aromatic rings. The number of aryl methyl sites for hydroxylation is 1. The first-order valence-electron chi connectivity index (χ1n) is 6.32. The monoisotopic (exact) mass is 233 g/mol. The van der Waals surface area contributed by atoms with E-state index >= 15 is 0 Å². The van der Waals surface area contributed by atoms with Gasteiger partial charge in [0.2, 0.25) is 0 Å². The number of nitrogens with zero attached hydrogens (tertiary/aromatic N) is 3. The average molecular weight is 233 g/mol. The van der Waals surface area contributed by atoms with Crippen LogP contribution in [0.5, 0.6) is 0 Å². The van der Waals surface area contributed by atoms with E-state index in [0.717, 1.165) is 24.6 Å². The Kier molecular flexibility index (Phi) is 4.31. The van der Waals surface area contributed by atoms with Gasteiger partial charge >= 0.3 is 0 Å². The Morgan fingerprint density at radius 3 is 2.76 bits per heavy atom. The van der Waals surface area contributed by atoms with Gasteiger partial charge in [-0.15, -0.1) is 0 Å². The first-order valence-corrected chi connectivity index (χ1v) is 6.32. The van der Waals surface area contributed by atoms with Gasteiger partial charge in [-0.1, -0.05) is 6.92 Å².